The van der Waals surface area contributed by atoms with Gasteiger partial charge in [-0.15, -0.1) is 11.3 Å². The van der Waals surface area contributed by atoms with Gasteiger partial charge in [0.05, 0.1) is 30.1 Å². The summed E-state index contributed by atoms with van der Waals surface area (Å²) >= 11 is 2.83. The zero-order valence-corrected chi connectivity index (χ0v) is 16.1. The van der Waals surface area contributed by atoms with Gasteiger partial charge in [-0.25, -0.2) is 4.98 Å². The van der Waals surface area contributed by atoms with E-state index in [2.05, 4.69) is 0 Å². The molecule has 0 radical (unpaired) electrons. The van der Waals surface area contributed by atoms with Crippen LogP contribution in [-0.4, -0.2) is 23.8 Å². The van der Waals surface area contributed by atoms with Crippen molar-refractivity contribution in [1.29, 1.82) is 0 Å². The fourth-order valence-corrected chi connectivity index (χ4v) is 4.55. The monoisotopic (exact) mass is 384 g/mol. The standard InChI is InChI=1S/C19H16N2O3S2/c1-21-14-6-4-11(9-17(14)26-19(21)22)13-10-25-18(20-13)12-5-7-15(23-2)16(8-12)24-3/h4-10H,1-3H3. The maximum atomic E-state index is 11.8. The molecule has 0 fully saturated rings. The van der Waals surface area contributed by atoms with Crippen LogP contribution in [0.4, 0.5) is 0 Å². The fourth-order valence-electron chi connectivity index (χ4n) is 2.80. The second kappa shape index (κ2) is 6.59. The lowest BCUT2D eigenvalue weighted by molar-refractivity contribution is 0.355. The molecular formula is C19H16N2O3S2. The summed E-state index contributed by atoms with van der Waals surface area (Å²) in [4.78, 5) is 16.6. The fraction of sp³-hybridized carbons (Fsp3) is 0.158. The van der Waals surface area contributed by atoms with Gasteiger partial charge < -0.3 is 14.0 Å². The number of fused-ring (bicyclic) bond motifs is 1. The van der Waals surface area contributed by atoms with Gasteiger partial charge in [-0.3, -0.25) is 4.79 Å². The summed E-state index contributed by atoms with van der Waals surface area (Å²) in [6.07, 6.45) is 0. The number of nitrogens with zero attached hydrogens (tertiary/aromatic N) is 2. The maximum absolute atomic E-state index is 11.8. The highest BCUT2D eigenvalue weighted by Crippen LogP contribution is 2.35. The molecule has 26 heavy (non-hydrogen) atoms. The van der Waals surface area contributed by atoms with E-state index in [0.29, 0.717) is 11.5 Å². The van der Waals surface area contributed by atoms with Gasteiger partial charge in [0.15, 0.2) is 11.5 Å². The van der Waals surface area contributed by atoms with Crippen LogP contribution in [0, 0.1) is 0 Å². The molecule has 0 saturated carbocycles. The van der Waals surface area contributed by atoms with E-state index in [1.54, 1.807) is 37.2 Å². The van der Waals surface area contributed by atoms with Crippen LogP contribution in [0.15, 0.2) is 46.6 Å². The van der Waals surface area contributed by atoms with Gasteiger partial charge >= 0.3 is 4.87 Å². The van der Waals surface area contributed by atoms with E-state index in [-0.39, 0.29) is 4.87 Å². The second-order valence-corrected chi connectivity index (χ2v) is 7.57. The number of methoxy groups -OCH3 is 2. The molecule has 0 atom stereocenters. The van der Waals surface area contributed by atoms with Gasteiger partial charge in [0.25, 0.3) is 0 Å². The molecular weight excluding hydrogens is 368 g/mol. The largest absolute Gasteiger partial charge is 0.493 e. The quantitative estimate of drug-likeness (QED) is 0.523. The molecule has 0 saturated heterocycles. The Hall–Kier alpha value is -2.64. The van der Waals surface area contributed by atoms with E-state index < -0.39 is 0 Å². The van der Waals surface area contributed by atoms with E-state index in [4.69, 9.17) is 14.5 Å². The first-order valence-corrected chi connectivity index (χ1v) is 9.58. The van der Waals surface area contributed by atoms with Crippen molar-refractivity contribution in [2.24, 2.45) is 7.05 Å². The lowest BCUT2D eigenvalue weighted by Gasteiger charge is -2.08. The molecule has 0 bridgehead atoms. The van der Waals surface area contributed by atoms with E-state index in [1.807, 2.05) is 41.8 Å². The topological polar surface area (TPSA) is 53.3 Å². The van der Waals surface area contributed by atoms with Crippen molar-refractivity contribution in [1.82, 2.24) is 9.55 Å². The molecule has 2 aromatic heterocycles. The molecule has 2 heterocycles. The third-order valence-corrected chi connectivity index (χ3v) is 6.11. The highest BCUT2D eigenvalue weighted by Gasteiger charge is 2.12. The molecule has 2 aromatic carbocycles. The van der Waals surface area contributed by atoms with Crippen molar-refractivity contribution in [3.05, 3.63) is 51.4 Å². The van der Waals surface area contributed by atoms with Gasteiger partial charge in [-0.05, 0) is 30.3 Å². The average Bonchev–Trinajstić information content (AvgIpc) is 3.26. The predicted octanol–water partition coefficient (Wildman–Crippen LogP) is 4.41. The van der Waals surface area contributed by atoms with Gasteiger partial charge in [0.1, 0.15) is 5.01 Å². The minimum absolute atomic E-state index is 0.0430. The zero-order chi connectivity index (χ0) is 18.3. The Morgan fingerprint density at radius 3 is 2.54 bits per heavy atom. The number of hydrogen-bond donors (Lipinski definition) is 0. The number of ether oxygens (including phenoxy) is 2. The summed E-state index contributed by atoms with van der Waals surface area (Å²) in [5.74, 6) is 1.37. The lowest BCUT2D eigenvalue weighted by atomic mass is 10.1. The van der Waals surface area contributed by atoms with Crippen LogP contribution in [0.5, 0.6) is 11.5 Å². The van der Waals surface area contributed by atoms with E-state index >= 15 is 0 Å². The Labute approximate surface area is 158 Å². The van der Waals surface area contributed by atoms with Crippen molar-refractivity contribution in [3.8, 4) is 33.3 Å². The van der Waals surface area contributed by atoms with Crippen LogP contribution in [0.3, 0.4) is 0 Å². The first kappa shape index (κ1) is 16.8. The summed E-state index contributed by atoms with van der Waals surface area (Å²) in [6, 6.07) is 11.8. The first-order valence-electron chi connectivity index (χ1n) is 7.88. The third kappa shape index (κ3) is 2.79. The van der Waals surface area contributed by atoms with Gasteiger partial charge in [0.2, 0.25) is 0 Å². The van der Waals surface area contributed by atoms with Crippen LogP contribution in [0.1, 0.15) is 0 Å². The van der Waals surface area contributed by atoms with E-state index in [1.165, 1.54) is 11.3 Å². The Morgan fingerprint density at radius 2 is 1.77 bits per heavy atom. The Kier molecular flexibility index (Phi) is 4.26. The molecule has 0 unspecified atom stereocenters. The van der Waals surface area contributed by atoms with Crippen LogP contribution in [-0.2, 0) is 7.05 Å². The lowest BCUT2D eigenvalue weighted by Crippen LogP contribution is -2.06. The number of aromatic nitrogens is 2. The van der Waals surface area contributed by atoms with E-state index in [0.717, 1.165) is 32.0 Å². The molecule has 4 rings (SSSR count). The van der Waals surface area contributed by atoms with Gasteiger partial charge in [-0.2, -0.15) is 0 Å². The average molecular weight is 384 g/mol. The molecule has 0 amide bonds. The Balaban J connectivity index is 1.73. The minimum atomic E-state index is 0.0430. The van der Waals surface area contributed by atoms with Crippen LogP contribution < -0.4 is 14.3 Å². The zero-order valence-electron chi connectivity index (χ0n) is 14.5. The smallest absolute Gasteiger partial charge is 0.307 e. The number of thiazole rings is 2. The molecule has 0 aliphatic heterocycles. The molecule has 4 aromatic rings. The summed E-state index contributed by atoms with van der Waals surface area (Å²) < 4.78 is 13.3. The normalized spacial score (nSPS) is 11.0. The SMILES string of the molecule is COc1ccc(-c2nc(-c3ccc4c(c3)sc(=O)n4C)cs2)cc1OC. The van der Waals surface area contributed by atoms with Crippen LogP contribution in [0.25, 0.3) is 32.0 Å². The number of rotatable bonds is 4. The Morgan fingerprint density at radius 1 is 1.00 bits per heavy atom. The van der Waals surface area contributed by atoms with Gasteiger partial charge in [-0.1, -0.05) is 17.4 Å². The van der Waals surface area contributed by atoms with Crippen molar-refractivity contribution >= 4 is 32.9 Å². The molecule has 132 valence electrons. The first-order chi connectivity index (χ1) is 12.6. The van der Waals surface area contributed by atoms with E-state index in [9.17, 15) is 4.79 Å². The summed E-state index contributed by atoms with van der Waals surface area (Å²) in [6.45, 7) is 0. The van der Waals surface area contributed by atoms with Crippen molar-refractivity contribution in [2.45, 2.75) is 0 Å². The third-order valence-electron chi connectivity index (χ3n) is 4.22. The highest BCUT2D eigenvalue weighted by atomic mass is 32.1. The number of aryl methyl sites for hydroxylation is 1. The maximum Gasteiger partial charge on any atom is 0.307 e. The molecule has 0 N–H and O–H groups in total. The van der Waals surface area contributed by atoms with Crippen molar-refractivity contribution in [3.63, 3.8) is 0 Å². The molecule has 0 aliphatic rings. The van der Waals surface area contributed by atoms with Crippen molar-refractivity contribution < 1.29 is 9.47 Å². The molecule has 7 heteroatoms. The second-order valence-electron chi connectivity index (χ2n) is 5.72. The number of benzene rings is 2. The summed E-state index contributed by atoms with van der Waals surface area (Å²) in [5, 5.41) is 2.93. The highest BCUT2D eigenvalue weighted by molar-refractivity contribution is 7.16. The molecule has 0 aliphatic carbocycles. The predicted molar refractivity (Wildman–Crippen MR) is 107 cm³/mol. The summed E-state index contributed by atoms with van der Waals surface area (Å²) in [7, 11) is 5.03. The molecule has 5 nitrogen and oxygen atoms in total. The minimum Gasteiger partial charge on any atom is -0.493 e. The van der Waals surface area contributed by atoms with Crippen molar-refractivity contribution in [2.75, 3.05) is 14.2 Å². The Bertz CT molecular complexity index is 1160. The summed E-state index contributed by atoms with van der Waals surface area (Å²) in [5.41, 5.74) is 3.82. The van der Waals surface area contributed by atoms with Crippen LogP contribution >= 0.6 is 22.7 Å². The van der Waals surface area contributed by atoms with Crippen LogP contribution in [0.2, 0.25) is 0 Å². The number of hydrogen-bond acceptors (Lipinski definition) is 6. The molecule has 0 spiro atoms. The van der Waals surface area contributed by atoms with Gasteiger partial charge in [0, 0.05) is 23.6 Å².